The van der Waals surface area contributed by atoms with E-state index in [9.17, 15) is 29.9 Å². The summed E-state index contributed by atoms with van der Waals surface area (Å²) in [5.41, 5.74) is 2.26. The molecule has 12 heteroatoms. The topological polar surface area (TPSA) is 184 Å². The average Bonchev–Trinajstić information content (AvgIpc) is 2.88. The highest BCUT2D eigenvalue weighted by molar-refractivity contribution is 6.04. The van der Waals surface area contributed by atoms with Crippen molar-refractivity contribution in [1.29, 1.82) is 0 Å². The van der Waals surface area contributed by atoms with E-state index in [-0.39, 0.29) is 33.7 Å². The number of nitro groups is 1. The van der Waals surface area contributed by atoms with Crippen LogP contribution in [-0.4, -0.2) is 41.7 Å². The molecule has 2 aromatic heterocycles. The summed E-state index contributed by atoms with van der Waals surface area (Å²) in [7, 11) is 0. The lowest BCUT2D eigenvalue weighted by Gasteiger charge is -2.15. The summed E-state index contributed by atoms with van der Waals surface area (Å²) < 4.78 is 0. The summed E-state index contributed by atoms with van der Waals surface area (Å²) in [6, 6.07) is 13.0. The van der Waals surface area contributed by atoms with Crippen molar-refractivity contribution in [2.45, 2.75) is 19.1 Å². The third kappa shape index (κ3) is 5.14. The van der Waals surface area contributed by atoms with Crippen LogP contribution in [0.15, 0.2) is 76.9 Å². The lowest BCUT2D eigenvalue weighted by molar-refractivity contribution is -0.384. The van der Waals surface area contributed by atoms with Crippen molar-refractivity contribution in [2.24, 2.45) is 5.10 Å². The minimum Gasteiger partial charge on any atom is -0.389 e. The number of nitro benzene ring substituents is 1. The van der Waals surface area contributed by atoms with Crippen molar-refractivity contribution in [3.8, 4) is 0 Å². The number of non-ortho nitro benzene ring substituents is 1. The number of aromatic amines is 1. The molecule has 4 aromatic rings. The number of rotatable bonds is 7. The summed E-state index contributed by atoms with van der Waals surface area (Å²) in [5, 5.41) is 36.0. The molecule has 0 aliphatic rings. The number of carbonyl (C=O) groups excluding carboxylic acids is 1. The Morgan fingerprint density at radius 2 is 1.75 bits per heavy atom. The van der Waals surface area contributed by atoms with Crippen molar-refractivity contribution in [1.82, 2.24) is 20.4 Å². The third-order valence-electron chi connectivity index (χ3n) is 5.34. The molecular weight excluding hydrogens is 468 g/mol. The van der Waals surface area contributed by atoms with Crippen LogP contribution in [0.5, 0.6) is 0 Å². The van der Waals surface area contributed by atoms with E-state index in [4.69, 9.17) is 0 Å². The van der Waals surface area contributed by atoms with Gasteiger partial charge in [0, 0.05) is 30.1 Å². The van der Waals surface area contributed by atoms with Gasteiger partial charge in [0.05, 0.1) is 22.1 Å². The van der Waals surface area contributed by atoms with Gasteiger partial charge < -0.3 is 15.2 Å². The van der Waals surface area contributed by atoms with Crippen LogP contribution >= 0.6 is 0 Å². The first-order valence-electron chi connectivity index (χ1n) is 10.7. The van der Waals surface area contributed by atoms with Crippen molar-refractivity contribution >= 4 is 28.3 Å². The maximum atomic E-state index is 12.9. The zero-order valence-electron chi connectivity index (χ0n) is 18.8. The van der Waals surface area contributed by atoms with Crippen LogP contribution in [0.1, 0.15) is 46.3 Å². The normalized spacial score (nSPS) is 13.2. The predicted molar refractivity (Wildman–Crippen MR) is 129 cm³/mol. The Labute approximate surface area is 203 Å². The fourth-order valence-corrected chi connectivity index (χ4v) is 3.40. The number of aliphatic hydroxyl groups excluding tert-OH is 2. The predicted octanol–water partition coefficient (Wildman–Crippen LogP) is 2.15. The van der Waals surface area contributed by atoms with Gasteiger partial charge in [-0.1, -0.05) is 24.3 Å². The zero-order valence-corrected chi connectivity index (χ0v) is 18.8. The third-order valence-corrected chi connectivity index (χ3v) is 5.34. The number of carbonyl (C=O) groups is 1. The first-order valence-corrected chi connectivity index (χ1v) is 10.7. The molecule has 36 heavy (non-hydrogen) atoms. The SMILES string of the molecule is C[C@@H](O)c1ccc([C@H](O)/C(=N\NC(=O)c2ccncc2)c2nc3ccc([N+](=O)[O-])cc3[nH]c2=O)cc1. The van der Waals surface area contributed by atoms with E-state index in [1.807, 2.05) is 0 Å². The molecule has 0 unspecified atom stereocenters. The smallest absolute Gasteiger partial charge is 0.276 e. The molecule has 0 radical (unpaired) electrons. The highest BCUT2D eigenvalue weighted by atomic mass is 16.6. The quantitative estimate of drug-likeness (QED) is 0.173. The summed E-state index contributed by atoms with van der Waals surface area (Å²) in [4.78, 5) is 46.5. The second-order valence-corrected chi connectivity index (χ2v) is 7.79. The standard InChI is InChI=1S/C24H20N6O6/c1-13(31)14-2-4-15(5-3-14)22(32)20(28-29-23(33)16-8-10-25-11-9-16)21-24(34)27-19-12-17(30(35)36)6-7-18(19)26-21/h2-13,22,31-32H,1H3,(H,27,34)(H,29,33)/b28-20-/t13-,22+/m1/s1. The van der Waals surface area contributed by atoms with Crippen LogP contribution < -0.4 is 11.0 Å². The van der Waals surface area contributed by atoms with Crippen molar-refractivity contribution in [2.75, 3.05) is 0 Å². The van der Waals surface area contributed by atoms with Gasteiger partial charge in [0.25, 0.3) is 17.2 Å². The number of pyridine rings is 1. The van der Waals surface area contributed by atoms with E-state index in [2.05, 4.69) is 25.5 Å². The van der Waals surface area contributed by atoms with Crippen molar-refractivity contribution < 1.29 is 19.9 Å². The van der Waals surface area contributed by atoms with E-state index in [0.29, 0.717) is 11.1 Å². The Balaban J connectivity index is 1.79. The van der Waals surface area contributed by atoms with Gasteiger partial charge >= 0.3 is 0 Å². The van der Waals surface area contributed by atoms with Gasteiger partial charge in [-0.15, -0.1) is 0 Å². The van der Waals surface area contributed by atoms with Crippen LogP contribution in [0.25, 0.3) is 11.0 Å². The molecule has 2 aromatic carbocycles. The van der Waals surface area contributed by atoms with E-state index in [0.717, 1.165) is 0 Å². The Bertz CT molecular complexity index is 1520. The average molecular weight is 488 g/mol. The molecule has 0 bridgehead atoms. The van der Waals surface area contributed by atoms with Crippen molar-refractivity contribution in [3.63, 3.8) is 0 Å². The second kappa shape index (κ2) is 10.2. The summed E-state index contributed by atoms with van der Waals surface area (Å²) >= 11 is 0. The van der Waals surface area contributed by atoms with Gasteiger partial charge in [0.2, 0.25) is 0 Å². The molecular formula is C24H20N6O6. The monoisotopic (exact) mass is 488 g/mol. The maximum Gasteiger partial charge on any atom is 0.276 e. The number of hydrazone groups is 1. The molecule has 2 heterocycles. The van der Waals surface area contributed by atoms with Gasteiger partial charge in [-0.25, -0.2) is 10.4 Å². The molecule has 4 N–H and O–H groups in total. The molecule has 0 aliphatic heterocycles. The van der Waals surface area contributed by atoms with Gasteiger partial charge in [-0.3, -0.25) is 24.7 Å². The maximum absolute atomic E-state index is 12.9. The fraction of sp³-hybridized carbons (Fsp3) is 0.125. The number of H-pyrrole nitrogens is 1. The first-order chi connectivity index (χ1) is 17.2. The minimum absolute atomic E-state index is 0.119. The van der Waals surface area contributed by atoms with Gasteiger partial charge in [0.1, 0.15) is 11.8 Å². The van der Waals surface area contributed by atoms with Crippen LogP contribution in [0.4, 0.5) is 5.69 Å². The number of nitrogens with zero attached hydrogens (tertiary/aromatic N) is 4. The zero-order chi connectivity index (χ0) is 25.8. The molecule has 0 saturated heterocycles. The van der Waals surface area contributed by atoms with Gasteiger partial charge in [-0.2, -0.15) is 5.10 Å². The van der Waals surface area contributed by atoms with E-state index >= 15 is 0 Å². The largest absolute Gasteiger partial charge is 0.389 e. The number of fused-ring (bicyclic) bond motifs is 1. The summed E-state index contributed by atoms with van der Waals surface area (Å²) in [6.07, 6.45) is 0.632. The number of hydrogen-bond acceptors (Lipinski definition) is 9. The molecule has 0 fully saturated rings. The van der Waals surface area contributed by atoms with Gasteiger partial charge in [0.15, 0.2) is 5.69 Å². The lowest BCUT2D eigenvalue weighted by Crippen LogP contribution is -2.29. The van der Waals surface area contributed by atoms with E-state index < -0.39 is 28.6 Å². The molecule has 0 saturated carbocycles. The molecule has 0 spiro atoms. The Kier molecular flexibility index (Phi) is 6.90. The lowest BCUT2D eigenvalue weighted by atomic mass is 10.00. The molecule has 12 nitrogen and oxygen atoms in total. The van der Waals surface area contributed by atoms with Crippen molar-refractivity contribution in [3.05, 3.63) is 110 Å². The highest BCUT2D eigenvalue weighted by Gasteiger charge is 2.24. The van der Waals surface area contributed by atoms with Gasteiger partial charge in [-0.05, 0) is 36.2 Å². The molecule has 4 rings (SSSR count). The Morgan fingerprint density at radius 1 is 1.08 bits per heavy atom. The highest BCUT2D eigenvalue weighted by Crippen LogP contribution is 2.22. The van der Waals surface area contributed by atoms with Crippen LogP contribution in [-0.2, 0) is 0 Å². The molecule has 0 aliphatic carbocycles. The summed E-state index contributed by atoms with van der Waals surface area (Å²) in [6.45, 7) is 1.59. The Morgan fingerprint density at radius 3 is 2.39 bits per heavy atom. The van der Waals surface area contributed by atoms with E-state index in [1.54, 1.807) is 31.2 Å². The number of benzene rings is 2. The fourth-order valence-electron chi connectivity index (χ4n) is 3.40. The number of amides is 1. The Hall–Kier alpha value is -4.81. The van der Waals surface area contributed by atoms with Crippen LogP contribution in [0, 0.1) is 10.1 Å². The number of nitrogens with one attached hydrogen (secondary N) is 2. The van der Waals surface area contributed by atoms with Crippen LogP contribution in [0.2, 0.25) is 0 Å². The first kappa shape index (κ1) is 24.3. The molecule has 1 amide bonds. The summed E-state index contributed by atoms with van der Waals surface area (Å²) in [5.74, 6) is -0.612. The number of hydrogen-bond donors (Lipinski definition) is 4. The number of aromatic nitrogens is 3. The minimum atomic E-state index is -1.49. The molecule has 2 atom stereocenters. The molecule has 182 valence electrons. The van der Waals surface area contributed by atoms with Crippen LogP contribution in [0.3, 0.4) is 0 Å². The van der Waals surface area contributed by atoms with E-state index in [1.165, 1.54) is 42.7 Å². The number of aliphatic hydroxyl groups is 2. The second-order valence-electron chi connectivity index (χ2n) is 7.79.